The van der Waals surface area contributed by atoms with E-state index in [1.807, 2.05) is 47.8 Å². The number of benzene rings is 2. The monoisotopic (exact) mass is 472 g/mol. The SMILES string of the molecule is CC(C)(CNC(=O)Cc1csc(-c2cccc(Br)c2)n1)c1ccc2c(c1)OCO2. The minimum absolute atomic E-state index is 0.0371. The molecular weight excluding hydrogens is 452 g/mol. The molecule has 7 heteroatoms. The predicted molar refractivity (Wildman–Crippen MR) is 118 cm³/mol. The third-order valence-corrected chi connectivity index (χ3v) is 6.28. The van der Waals surface area contributed by atoms with Gasteiger partial charge >= 0.3 is 0 Å². The number of amides is 1. The molecule has 0 unspecified atom stereocenters. The average molecular weight is 473 g/mol. The molecule has 0 radical (unpaired) electrons. The van der Waals surface area contributed by atoms with E-state index in [4.69, 9.17) is 9.47 Å². The Hall–Kier alpha value is -2.38. The van der Waals surface area contributed by atoms with E-state index in [0.29, 0.717) is 6.54 Å². The minimum Gasteiger partial charge on any atom is -0.454 e. The molecule has 2 aromatic carbocycles. The van der Waals surface area contributed by atoms with E-state index in [0.717, 1.165) is 37.8 Å². The van der Waals surface area contributed by atoms with Crippen LogP contribution >= 0.6 is 27.3 Å². The molecule has 3 aromatic rings. The van der Waals surface area contributed by atoms with Crippen LogP contribution in [0.2, 0.25) is 0 Å². The van der Waals surface area contributed by atoms with Crippen molar-refractivity contribution in [2.45, 2.75) is 25.7 Å². The molecule has 0 saturated heterocycles. The number of carbonyl (C=O) groups excluding carboxylic acids is 1. The number of hydrogen-bond acceptors (Lipinski definition) is 5. The topological polar surface area (TPSA) is 60.5 Å². The standard InChI is InChI=1S/C22H21BrN2O3S/c1-22(2,15-6-7-18-19(9-15)28-13-27-18)12-24-20(26)10-17-11-29-21(25-17)14-4-3-5-16(23)8-14/h3-9,11H,10,12-13H2,1-2H3,(H,24,26). The quantitative estimate of drug-likeness (QED) is 0.551. The Bertz CT molecular complexity index is 1050. The normalized spacial score (nSPS) is 12.8. The number of aromatic nitrogens is 1. The van der Waals surface area contributed by atoms with Gasteiger partial charge < -0.3 is 14.8 Å². The van der Waals surface area contributed by atoms with E-state index in [1.165, 1.54) is 0 Å². The van der Waals surface area contributed by atoms with Crippen LogP contribution in [0, 0.1) is 0 Å². The first-order valence-electron chi connectivity index (χ1n) is 9.28. The molecule has 0 aliphatic carbocycles. The molecule has 0 saturated carbocycles. The van der Waals surface area contributed by atoms with Crippen molar-refractivity contribution in [3.8, 4) is 22.1 Å². The number of halogens is 1. The number of thiazole rings is 1. The fraction of sp³-hybridized carbons (Fsp3) is 0.273. The number of hydrogen-bond donors (Lipinski definition) is 1. The van der Waals surface area contributed by atoms with E-state index < -0.39 is 0 Å². The van der Waals surface area contributed by atoms with Crippen molar-refractivity contribution in [3.63, 3.8) is 0 Å². The molecule has 0 atom stereocenters. The summed E-state index contributed by atoms with van der Waals surface area (Å²) in [5.41, 5.74) is 2.68. The van der Waals surface area contributed by atoms with Crippen molar-refractivity contribution in [1.82, 2.24) is 10.3 Å². The fourth-order valence-electron chi connectivity index (χ4n) is 3.11. The molecule has 2 heterocycles. The van der Waals surface area contributed by atoms with Gasteiger partial charge in [0.2, 0.25) is 12.7 Å². The molecule has 1 N–H and O–H groups in total. The van der Waals surface area contributed by atoms with Crippen molar-refractivity contribution >= 4 is 33.2 Å². The molecule has 4 rings (SSSR count). The smallest absolute Gasteiger partial charge is 0.231 e. The van der Waals surface area contributed by atoms with Gasteiger partial charge in [-0.1, -0.05) is 48.0 Å². The summed E-state index contributed by atoms with van der Waals surface area (Å²) in [6.07, 6.45) is 0.266. The summed E-state index contributed by atoms with van der Waals surface area (Å²) in [6, 6.07) is 13.9. The number of nitrogens with one attached hydrogen (secondary N) is 1. The lowest BCUT2D eigenvalue weighted by Crippen LogP contribution is -2.37. The lowest BCUT2D eigenvalue weighted by Gasteiger charge is -2.26. The Morgan fingerprint density at radius 1 is 1.21 bits per heavy atom. The maximum atomic E-state index is 12.5. The van der Waals surface area contributed by atoms with E-state index in [1.54, 1.807) is 11.3 Å². The molecule has 0 fully saturated rings. The van der Waals surface area contributed by atoms with Gasteiger partial charge in [-0.3, -0.25) is 4.79 Å². The first kappa shape index (κ1) is 19.9. The van der Waals surface area contributed by atoms with E-state index in [-0.39, 0.29) is 24.5 Å². The number of nitrogens with zero attached hydrogens (tertiary/aromatic N) is 1. The predicted octanol–water partition coefficient (Wildman–Crippen LogP) is 4.94. The average Bonchev–Trinajstić information content (AvgIpc) is 3.35. The zero-order valence-corrected chi connectivity index (χ0v) is 18.6. The largest absolute Gasteiger partial charge is 0.454 e. The summed E-state index contributed by atoms with van der Waals surface area (Å²) < 4.78 is 11.8. The summed E-state index contributed by atoms with van der Waals surface area (Å²) in [4.78, 5) is 17.1. The molecule has 5 nitrogen and oxygen atoms in total. The first-order valence-corrected chi connectivity index (χ1v) is 11.0. The highest BCUT2D eigenvalue weighted by atomic mass is 79.9. The van der Waals surface area contributed by atoms with Crippen molar-refractivity contribution < 1.29 is 14.3 Å². The van der Waals surface area contributed by atoms with Crippen LogP contribution in [0.1, 0.15) is 25.1 Å². The maximum Gasteiger partial charge on any atom is 0.231 e. The summed E-state index contributed by atoms with van der Waals surface area (Å²) in [7, 11) is 0. The van der Waals surface area contributed by atoms with Crippen LogP contribution in [0.15, 0.2) is 52.3 Å². The van der Waals surface area contributed by atoms with Crippen molar-refractivity contribution in [2.24, 2.45) is 0 Å². The van der Waals surface area contributed by atoms with Crippen molar-refractivity contribution in [3.05, 3.63) is 63.6 Å². The Morgan fingerprint density at radius 2 is 2.03 bits per heavy atom. The van der Waals surface area contributed by atoms with Gasteiger partial charge in [0.25, 0.3) is 0 Å². The van der Waals surface area contributed by atoms with Gasteiger partial charge in [0.05, 0.1) is 12.1 Å². The summed E-state index contributed by atoms with van der Waals surface area (Å²) in [6.45, 7) is 4.97. The zero-order chi connectivity index (χ0) is 20.4. The number of fused-ring (bicyclic) bond motifs is 1. The molecule has 150 valence electrons. The lowest BCUT2D eigenvalue weighted by atomic mass is 9.84. The first-order chi connectivity index (χ1) is 13.9. The summed E-state index contributed by atoms with van der Waals surface area (Å²) in [5, 5.41) is 5.90. The third-order valence-electron chi connectivity index (χ3n) is 4.85. The number of carbonyl (C=O) groups is 1. The van der Waals surface area contributed by atoms with Gasteiger partial charge in [-0.25, -0.2) is 4.98 Å². The molecule has 1 aromatic heterocycles. The van der Waals surface area contributed by atoms with Crippen LogP contribution in [0.25, 0.3) is 10.6 Å². The Balaban J connectivity index is 1.36. The van der Waals surface area contributed by atoms with Crippen LogP contribution in [0.5, 0.6) is 11.5 Å². The Labute approximate surface area is 182 Å². The second-order valence-corrected chi connectivity index (χ2v) is 9.33. The lowest BCUT2D eigenvalue weighted by molar-refractivity contribution is -0.120. The van der Waals surface area contributed by atoms with E-state index in [2.05, 4.69) is 40.1 Å². The molecule has 1 aliphatic rings. The van der Waals surface area contributed by atoms with Crippen LogP contribution in [0.3, 0.4) is 0 Å². The zero-order valence-electron chi connectivity index (χ0n) is 16.2. The second kappa shape index (κ2) is 8.16. The molecular formula is C22H21BrN2O3S. The molecule has 0 spiro atoms. The molecule has 1 amide bonds. The van der Waals surface area contributed by atoms with Gasteiger partial charge in [-0.2, -0.15) is 0 Å². The van der Waals surface area contributed by atoms with Crippen molar-refractivity contribution in [2.75, 3.05) is 13.3 Å². The maximum absolute atomic E-state index is 12.5. The molecule has 0 bridgehead atoms. The Kier molecular flexibility index (Phi) is 5.61. The van der Waals surface area contributed by atoms with Gasteiger partial charge in [-0.05, 0) is 29.8 Å². The fourth-order valence-corrected chi connectivity index (χ4v) is 4.32. The highest BCUT2D eigenvalue weighted by Crippen LogP contribution is 2.36. The van der Waals surface area contributed by atoms with Gasteiger partial charge in [0, 0.05) is 27.4 Å². The highest BCUT2D eigenvalue weighted by Gasteiger charge is 2.25. The highest BCUT2D eigenvalue weighted by molar-refractivity contribution is 9.10. The second-order valence-electron chi connectivity index (χ2n) is 7.56. The number of rotatable bonds is 6. The van der Waals surface area contributed by atoms with Gasteiger partial charge in [0.1, 0.15) is 5.01 Å². The summed E-state index contributed by atoms with van der Waals surface area (Å²) >= 11 is 5.03. The van der Waals surface area contributed by atoms with E-state index in [9.17, 15) is 4.79 Å². The van der Waals surface area contributed by atoms with Crippen LogP contribution < -0.4 is 14.8 Å². The van der Waals surface area contributed by atoms with Gasteiger partial charge in [-0.15, -0.1) is 11.3 Å². The summed E-state index contributed by atoms with van der Waals surface area (Å²) in [5.74, 6) is 1.48. The van der Waals surface area contributed by atoms with Crippen LogP contribution in [-0.2, 0) is 16.6 Å². The minimum atomic E-state index is -0.236. The van der Waals surface area contributed by atoms with Crippen LogP contribution in [0.4, 0.5) is 0 Å². The molecule has 29 heavy (non-hydrogen) atoms. The third kappa shape index (κ3) is 4.62. The van der Waals surface area contributed by atoms with Crippen molar-refractivity contribution in [1.29, 1.82) is 0 Å². The Morgan fingerprint density at radius 3 is 2.86 bits per heavy atom. The molecule has 1 aliphatic heterocycles. The van der Waals surface area contributed by atoms with Crippen LogP contribution in [-0.4, -0.2) is 24.2 Å². The number of ether oxygens (including phenoxy) is 2. The van der Waals surface area contributed by atoms with E-state index >= 15 is 0 Å². The van der Waals surface area contributed by atoms with Gasteiger partial charge in [0.15, 0.2) is 11.5 Å².